The number of fused-ring (bicyclic) bond motifs is 1. The average Bonchev–Trinajstić information content (AvgIpc) is 2.27. The van der Waals surface area contributed by atoms with E-state index in [2.05, 4.69) is 0 Å². The zero-order valence-corrected chi connectivity index (χ0v) is 9.20. The Morgan fingerprint density at radius 1 is 1.12 bits per heavy atom. The highest BCUT2D eigenvalue weighted by molar-refractivity contribution is 6.26. The van der Waals surface area contributed by atoms with Crippen molar-refractivity contribution in [3.8, 4) is 0 Å². The zero-order valence-electron chi connectivity index (χ0n) is 9.20. The summed E-state index contributed by atoms with van der Waals surface area (Å²) in [5.74, 6) is -1.09. The van der Waals surface area contributed by atoms with E-state index < -0.39 is 11.5 Å². The van der Waals surface area contributed by atoms with Crippen LogP contribution in [0.5, 0.6) is 0 Å². The zero-order chi connectivity index (χ0) is 11.9. The van der Waals surface area contributed by atoms with Gasteiger partial charge in [0.05, 0.1) is 0 Å². The topological polar surface area (TPSA) is 54.4 Å². The van der Waals surface area contributed by atoms with Crippen LogP contribution in [0.25, 0.3) is 0 Å². The predicted molar refractivity (Wildman–Crippen MR) is 59.8 cm³/mol. The minimum absolute atomic E-state index is 0.211. The van der Waals surface area contributed by atoms with E-state index >= 15 is 0 Å². The van der Waals surface area contributed by atoms with Crippen LogP contribution in [0, 0.1) is 6.92 Å². The molecule has 0 aliphatic heterocycles. The molecule has 3 nitrogen and oxygen atoms in total. The maximum Gasteiger partial charge on any atom is 0.228 e. The van der Waals surface area contributed by atoms with Gasteiger partial charge in [-0.1, -0.05) is 18.6 Å². The van der Waals surface area contributed by atoms with Gasteiger partial charge in [-0.25, -0.2) is 0 Å². The Labute approximate surface area is 93.4 Å². The van der Waals surface area contributed by atoms with E-state index in [1.54, 1.807) is 25.1 Å². The number of allylic oxidation sites excluding steroid dienone is 2. The van der Waals surface area contributed by atoms with Gasteiger partial charge in [0.25, 0.3) is 0 Å². The SMILES string of the molecule is CCC1=C(O)C(=O)c2ccc(C)cc2C1=O. The van der Waals surface area contributed by atoms with Crippen LogP contribution in [-0.4, -0.2) is 16.7 Å². The van der Waals surface area contributed by atoms with Crippen molar-refractivity contribution >= 4 is 11.6 Å². The van der Waals surface area contributed by atoms with Gasteiger partial charge in [-0.3, -0.25) is 9.59 Å². The number of Topliss-reactive ketones (excluding diaryl/α,β-unsaturated/α-hetero) is 2. The molecule has 1 N–H and O–H groups in total. The van der Waals surface area contributed by atoms with Gasteiger partial charge in [-0.2, -0.15) is 0 Å². The molecule has 1 aromatic carbocycles. The lowest BCUT2D eigenvalue weighted by molar-refractivity contribution is 0.0927. The Balaban J connectivity index is 2.69. The van der Waals surface area contributed by atoms with Crippen LogP contribution in [0.1, 0.15) is 39.6 Å². The molecule has 0 spiro atoms. The molecule has 0 aromatic heterocycles. The summed E-state index contributed by atoms with van der Waals surface area (Å²) in [4.78, 5) is 23.8. The molecule has 0 bridgehead atoms. The van der Waals surface area contributed by atoms with Crippen LogP contribution in [-0.2, 0) is 0 Å². The van der Waals surface area contributed by atoms with E-state index in [0.717, 1.165) is 5.56 Å². The number of hydrogen-bond acceptors (Lipinski definition) is 3. The third-order valence-corrected chi connectivity index (χ3v) is 2.79. The minimum Gasteiger partial charge on any atom is -0.504 e. The van der Waals surface area contributed by atoms with Crippen molar-refractivity contribution in [3.05, 3.63) is 46.2 Å². The van der Waals surface area contributed by atoms with Gasteiger partial charge >= 0.3 is 0 Å². The maximum atomic E-state index is 12.0. The molecule has 0 unspecified atom stereocenters. The molecule has 0 saturated heterocycles. The second kappa shape index (κ2) is 3.59. The first-order chi connectivity index (χ1) is 7.56. The molecule has 0 amide bonds. The third kappa shape index (κ3) is 1.36. The molecule has 1 aliphatic carbocycles. The van der Waals surface area contributed by atoms with Gasteiger partial charge in [0.2, 0.25) is 5.78 Å². The predicted octanol–water partition coefficient (Wildman–Crippen LogP) is 2.60. The number of carbonyl (C=O) groups is 2. The van der Waals surface area contributed by atoms with Crippen molar-refractivity contribution in [1.82, 2.24) is 0 Å². The molecule has 0 radical (unpaired) electrons. The Bertz CT molecular complexity index is 524. The molecule has 1 aliphatic rings. The Morgan fingerprint density at radius 2 is 1.81 bits per heavy atom. The fourth-order valence-corrected chi connectivity index (χ4v) is 1.91. The summed E-state index contributed by atoms with van der Waals surface area (Å²) in [5.41, 5.74) is 1.84. The molecular formula is C13H12O3. The molecule has 0 atom stereocenters. The summed E-state index contributed by atoms with van der Waals surface area (Å²) >= 11 is 0. The number of carbonyl (C=O) groups excluding carboxylic acids is 2. The van der Waals surface area contributed by atoms with Crippen molar-refractivity contribution in [2.24, 2.45) is 0 Å². The van der Waals surface area contributed by atoms with E-state index in [9.17, 15) is 14.7 Å². The first kappa shape index (κ1) is 10.6. The molecule has 82 valence electrons. The fourth-order valence-electron chi connectivity index (χ4n) is 1.91. The summed E-state index contributed by atoms with van der Waals surface area (Å²) in [5, 5.41) is 9.63. The van der Waals surface area contributed by atoms with Crippen molar-refractivity contribution in [2.75, 3.05) is 0 Å². The van der Waals surface area contributed by atoms with Crippen molar-refractivity contribution in [1.29, 1.82) is 0 Å². The number of benzene rings is 1. The molecule has 2 rings (SSSR count). The summed E-state index contributed by atoms with van der Waals surface area (Å²) in [6.07, 6.45) is 0.365. The Morgan fingerprint density at radius 3 is 2.44 bits per heavy atom. The number of rotatable bonds is 1. The minimum atomic E-state index is -0.452. The number of aliphatic hydroxyl groups is 1. The second-order valence-corrected chi connectivity index (χ2v) is 3.89. The molecule has 0 heterocycles. The number of aliphatic hydroxyl groups excluding tert-OH is 1. The van der Waals surface area contributed by atoms with Crippen LogP contribution >= 0.6 is 0 Å². The molecule has 0 fully saturated rings. The highest BCUT2D eigenvalue weighted by Gasteiger charge is 2.30. The standard InChI is InChI=1S/C13H12O3/c1-3-8-11(14)10-6-7(2)4-5-9(10)13(16)12(8)15/h4-6,15H,3H2,1-2H3. The van der Waals surface area contributed by atoms with Crippen LogP contribution in [0.15, 0.2) is 29.5 Å². The van der Waals surface area contributed by atoms with E-state index in [1.165, 1.54) is 0 Å². The lowest BCUT2D eigenvalue weighted by Gasteiger charge is -2.16. The maximum absolute atomic E-state index is 12.0. The molecule has 16 heavy (non-hydrogen) atoms. The highest BCUT2D eigenvalue weighted by atomic mass is 16.3. The van der Waals surface area contributed by atoms with E-state index in [4.69, 9.17) is 0 Å². The largest absolute Gasteiger partial charge is 0.504 e. The fraction of sp³-hybridized carbons (Fsp3) is 0.231. The quantitative estimate of drug-likeness (QED) is 0.785. The first-order valence-electron chi connectivity index (χ1n) is 5.18. The summed E-state index contributed by atoms with van der Waals surface area (Å²) in [7, 11) is 0. The van der Waals surface area contributed by atoms with Gasteiger partial charge in [-0.05, 0) is 25.5 Å². The number of hydrogen-bond donors (Lipinski definition) is 1. The lowest BCUT2D eigenvalue weighted by atomic mass is 9.86. The van der Waals surface area contributed by atoms with E-state index in [-0.39, 0.29) is 11.4 Å². The van der Waals surface area contributed by atoms with Crippen LogP contribution in [0.2, 0.25) is 0 Å². The van der Waals surface area contributed by atoms with Gasteiger partial charge in [0.1, 0.15) is 0 Å². The number of aryl methyl sites for hydroxylation is 1. The van der Waals surface area contributed by atoms with Gasteiger partial charge in [0, 0.05) is 16.7 Å². The third-order valence-electron chi connectivity index (χ3n) is 2.79. The van der Waals surface area contributed by atoms with Crippen molar-refractivity contribution in [3.63, 3.8) is 0 Å². The highest BCUT2D eigenvalue weighted by Crippen LogP contribution is 2.27. The van der Waals surface area contributed by atoms with Crippen LogP contribution in [0.3, 0.4) is 0 Å². The van der Waals surface area contributed by atoms with E-state index in [1.807, 2.05) is 6.92 Å². The smallest absolute Gasteiger partial charge is 0.228 e. The molecule has 3 heteroatoms. The Kier molecular flexibility index (Phi) is 2.38. The second-order valence-electron chi connectivity index (χ2n) is 3.89. The first-order valence-corrected chi connectivity index (χ1v) is 5.18. The molecule has 0 saturated carbocycles. The summed E-state index contributed by atoms with van der Waals surface area (Å²) < 4.78 is 0. The summed E-state index contributed by atoms with van der Waals surface area (Å²) in [6.45, 7) is 3.61. The van der Waals surface area contributed by atoms with Crippen molar-refractivity contribution < 1.29 is 14.7 Å². The van der Waals surface area contributed by atoms with Gasteiger partial charge in [-0.15, -0.1) is 0 Å². The molecular weight excluding hydrogens is 204 g/mol. The van der Waals surface area contributed by atoms with Crippen molar-refractivity contribution in [2.45, 2.75) is 20.3 Å². The normalized spacial score (nSPS) is 15.4. The lowest BCUT2D eigenvalue weighted by Crippen LogP contribution is -2.21. The monoisotopic (exact) mass is 216 g/mol. The summed E-state index contributed by atoms with van der Waals surface area (Å²) in [6, 6.07) is 5.04. The average molecular weight is 216 g/mol. The van der Waals surface area contributed by atoms with Gasteiger partial charge < -0.3 is 5.11 Å². The van der Waals surface area contributed by atoms with Crippen LogP contribution < -0.4 is 0 Å². The Hall–Kier alpha value is -1.90. The molecule has 1 aromatic rings. The van der Waals surface area contributed by atoms with Gasteiger partial charge in [0.15, 0.2) is 11.5 Å². The number of ketones is 2. The van der Waals surface area contributed by atoms with Crippen LogP contribution in [0.4, 0.5) is 0 Å². The van der Waals surface area contributed by atoms with E-state index in [0.29, 0.717) is 17.5 Å².